The van der Waals surface area contributed by atoms with Gasteiger partial charge in [0.25, 0.3) is 0 Å². The highest BCUT2D eigenvalue weighted by atomic mass is 15.1. The highest BCUT2D eigenvalue weighted by Gasteiger charge is 2.52. The van der Waals surface area contributed by atoms with E-state index in [9.17, 15) is 0 Å². The number of anilines is 6. The Morgan fingerprint density at radius 2 is 0.800 bits per heavy atom. The van der Waals surface area contributed by atoms with Gasteiger partial charge in [-0.2, -0.15) is 0 Å². The quantitative estimate of drug-likeness (QED) is 0.165. The van der Waals surface area contributed by atoms with Crippen LogP contribution in [0.4, 0.5) is 34.1 Å². The van der Waals surface area contributed by atoms with E-state index in [-0.39, 0.29) is 0 Å². The highest BCUT2D eigenvalue weighted by Crippen LogP contribution is 2.65. The number of nitrogens with zero attached hydrogens (tertiary/aromatic N) is 2. The second-order valence-electron chi connectivity index (χ2n) is 18.4. The molecule has 0 atom stereocenters. The number of aryl methyl sites for hydroxylation is 4. The molecular formula is C63H50N2. The summed E-state index contributed by atoms with van der Waals surface area (Å²) in [6, 6.07) is 73.3. The second-order valence-corrected chi connectivity index (χ2v) is 18.4. The minimum absolute atomic E-state index is 0.563. The predicted molar refractivity (Wildman–Crippen MR) is 276 cm³/mol. The average molecular weight is 835 g/mol. The Hall–Kier alpha value is -7.68. The summed E-state index contributed by atoms with van der Waals surface area (Å²) in [5.74, 6) is 0. The molecule has 0 unspecified atom stereocenters. The van der Waals surface area contributed by atoms with Gasteiger partial charge in [0.2, 0.25) is 0 Å². The molecule has 2 aliphatic rings. The van der Waals surface area contributed by atoms with Crippen molar-refractivity contribution in [2.75, 3.05) is 9.80 Å². The van der Waals surface area contributed by atoms with Crippen molar-refractivity contribution in [2.24, 2.45) is 0 Å². The van der Waals surface area contributed by atoms with Gasteiger partial charge >= 0.3 is 0 Å². The minimum Gasteiger partial charge on any atom is -0.310 e. The van der Waals surface area contributed by atoms with E-state index in [2.05, 4.69) is 245 Å². The van der Waals surface area contributed by atoms with E-state index < -0.39 is 5.41 Å². The van der Waals surface area contributed by atoms with E-state index in [0.29, 0.717) is 0 Å². The summed E-state index contributed by atoms with van der Waals surface area (Å²) >= 11 is 0. The molecule has 0 aromatic heterocycles. The molecule has 2 aliphatic carbocycles. The Morgan fingerprint density at radius 1 is 0.308 bits per heavy atom. The van der Waals surface area contributed by atoms with Crippen LogP contribution >= 0.6 is 0 Å². The molecule has 0 heterocycles. The summed E-state index contributed by atoms with van der Waals surface area (Å²) in [6.45, 7) is 13.4. The zero-order valence-corrected chi connectivity index (χ0v) is 37.9. The van der Waals surface area contributed by atoms with E-state index in [1.165, 1.54) is 116 Å². The molecule has 312 valence electrons. The first-order chi connectivity index (χ1) is 31.7. The van der Waals surface area contributed by atoms with Crippen LogP contribution in [0.2, 0.25) is 0 Å². The van der Waals surface area contributed by atoms with Gasteiger partial charge in [0.1, 0.15) is 0 Å². The Kier molecular flexibility index (Phi) is 8.80. The lowest BCUT2D eigenvalue weighted by atomic mass is 9.70. The maximum atomic E-state index is 2.56. The summed E-state index contributed by atoms with van der Waals surface area (Å²) < 4.78 is 0. The fourth-order valence-corrected chi connectivity index (χ4v) is 11.3. The van der Waals surface area contributed by atoms with Crippen LogP contribution in [-0.4, -0.2) is 0 Å². The molecule has 1 spiro atoms. The number of benzene rings is 10. The third kappa shape index (κ3) is 5.73. The van der Waals surface area contributed by atoms with Crippen molar-refractivity contribution >= 4 is 55.7 Å². The van der Waals surface area contributed by atoms with Crippen LogP contribution in [0.1, 0.15) is 55.6 Å². The van der Waals surface area contributed by atoms with E-state index in [4.69, 9.17) is 0 Å². The summed E-state index contributed by atoms with van der Waals surface area (Å²) in [5.41, 5.74) is 24.7. The topological polar surface area (TPSA) is 6.48 Å². The molecule has 0 N–H and O–H groups in total. The van der Waals surface area contributed by atoms with Gasteiger partial charge in [0.15, 0.2) is 0 Å². The van der Waals surface area contributed by atoms with Gasteiger partial charge in [-0.05, 0) is 214 Å². The molecule has 0 amide bonds. The molecule has 10 aromatic rings. The summed E-state index contributed by atoms with van der Waals surface area (Å²) in [7, 11) is 0. The molecule has 2 nitrogen and oxygen atoms in total. The Bertz CT molecular complexity index is 3470. The lowest BCUT2D eigenvalue weighted by molar-refractivity contribution is 0.795. The smallest absolute Gasteiger partial charge is 0.0726 e. The van der Waals surface area contributed by atoms with Gasteiger partial charge in [-0.25, -0.2) is 0 Å². The fourth-order valence-electron chi connectivity index (χ4n) is 11.3. The van der Waals surface area contributed by atoms with Gasteiger partial charge in [-0.15, -0.1) is 0 Å². The van der Waals surface area contributed by atoms with Crippen LogP contribution in [0.3, 0.4) is 0 Å². The molecule has 2 heteroatoms. The van der Waals surface area contributed by atoms with Gasteiger partial charge in [0, 0.05) is 33.8 Å². The summed E-state index contributed by atoms with van der Waals surface area (Å²) in [4.78, 5) is 4.92. The van der Waals surface area contributed by atoms with Crippen molar-refractivity contribution in [1.29, 1.82) is 0 Å². The molecular weight excluding hydrogens is 785 g/mol. The van der Waals surface area contributed by atoms with Gasteiger partial charge in [0.05, 0.1) is 11.1 Å². The first-order valence-corrected chi connectivity index (χ1v) is 22.9. The zero-order chi connectivity index (χ0) is 44.1. The maximum absolute atomic E-state index is 2.56. The van der Waals surface area contributed by atoms with Gasteiger partial charge in [-0.1, -0.05) is 115 Å². The molecule has 12 rings (SSSR count). The number of hydrogen-bond acceptors (Lipinski definition) is 2. The summed E-state index contributed by atoms with van der Waals surface area (Å²) in [6.07, 6.45) is 0. The number of rotatable bonds is 6. The van der Waals surface area contributed by atoms with Crippen LogP contribution in [0.15, 0.2) is 194 Å². The van der Waals surface area contributed by atoms with E-state index in [0.717, 1.165) is 17.1 Å². The van der Waals surface area contributed by atoms with Crippen molar-refractivity contribution in [3.63, 3.8) is 0 Å². The van der Waals surface area contributed by atoms with Gasteiger partial charge < -0.3 is 9.80 Å². The number of hydrogen-bond donors (Lipinski definition) is 0. The van der Waals surface area contributed by atoms with E-state index in [1.54, 1.807) is 0 Å². The zero-order valence-electron chi connectivity index (χ0n) is 37.9. The fraction of sp³-hybridized carbons (Fsp3) is 0.111. The number of fused-ring (bicyclic) bond motifs is 13. The second kappa shape index (κ2) is 14.7. The molecule has 10 aromatic carbocycles. The Balaban J connectivity index is 1.18. The minimum atomic E-state index is -0.563. The molecule has 0 aliphatic heterocycles. The molecule has 0 radical (unpaired) electrons. The largest absolute Gasteiger partial charge is 0.310 e. The normalized spacial score (nSPS) is 12.9. The monoisotopic (exact) mass is 834 g/mol. The molecule has 65 heavy (non-hydrogen) atoms. The van der Waals surface area contributed by atoms with E-state index in [1.807, 2.05) is 0 Å². The highest BCUT2D eigenvalue weighted by molar-refractivity contribution is 6.13. The van der Waals surface area contributed by atoms with Crippen molar-refractivity contribution < 1.29 is 0 Å². The molecule has 0 saturated carbocycles. The molecule has 0 fully saturated rings. The number of para-hydroxylation sites is 2. The Morgan fingerprint density at radius 3 is 1.38 bits per heavy atom. The van der Waals surface area contributed by atoms with Crippen molar-refractivity contribution in [3.8, 4) is 22.3 Å². The van der Waals surface area contributed by atoms with Crippen LogP contribution < -0.4 is 9.80 Å². The van der Waals surface area contributed by atoms with Crippen molar-refractivity contribution in [1.82, 2.24) is 0 Å². The van der Waals surface area contributed by atoms with Crippen LogP contribution in [0.5, 0.6) is 0 Å². The van der Waals surface area contributed by atoms with Crippen LogP contribution in [-0.2, 0) is 5.41 Å². The molecule has 0 saturated heterocycles. The SMILES string of the molecule is Cc1cc(N(c2ccccc2)c2ccc3cc4c(cc3c2)C2(c3ccccc3-c3ccccc32)c2cc(N(c3ccccc3)c3cc(C)c(C)c(C)c3)c3ccccc3c2-4)cc(C)c1C. The lowest BCUT2D eigenvalue weighted by Crippen LogP contribution is -2.26. The Labute approximate surface area is 382 Å². The third-order valence-corrected chi connectivity index (χ3v) is 14.9. The van der Waals surface area contributed by atoms with Crippen LogP contribution in [0, 0.1) is 41.5 Å². The maximum Gasteiger partial charge on any atom is 0.0726 e. The van der Waals surface area contributed by atoms with Gasteiger partial charge in [-0.3, -0.25) is 0 Å². The van der Waals surface area contributed by atoms with Crippen LogP contribution in [0.25, 0.3) is 43.8 Å². The average Bonchev–Trinajstić information content (AvgIpc) is 3.79. The standard InChI is InChI=1S/C63H50N2/c1-39-31-50(32-40(2)43(39)5)64(47-19-9-7-10-20-47)49-30-29-45-36-56-59(37-46(45)35-49)63(57-27-17-15-23-52(57)53-24-16-18-28-58(53)63)60-38-61(54-25-13-14-26-55(54)62(56)60)65(48-21-11-8-12-22-48)51-33-41(3)44(6)42(4)34-51/h7-38H,1-6H3. The van der Waals surface area contributed by atoms with E-state index >= 15 is 0 Å². The third-order valence-electron chi connectivity index (χ3n) is 14.9. The molecule has 0 bridgehead atoms. The lowest BCUT2D eigenvalue weighted by Gasteiger charge is -2.33. The van der Waals surface area contributed by atoms with Crippen molar-refractivity contribution in [2.45, 2.75) is 47.0 Å². The first kappa shape index (κ1) is 39.0. The first-order valence-electron chi connectivity index (χ1n) is 22.9. The predicted octanol–water partition coefficient (Wildman–Crippen LogP) is 17.1. The summed E-state index contributed by atoms with van der Waals surface area (Å²) in [5, 5.41) is 4.94. The van der Waals surface area contributed by atoms with Crippen molar-refractivity contribution in [3.05, 3.63) is 250 Å².